The van der Waals surface area contributed by atoms with Crippen molar-refractivity contribution >= 4 is 5.91 Å². The van der Waals surface area contributed by atoms with Gasteiger partial charge in [0.15, 0.2) is 0 Å². The van der Waals surface area contributed by atoms with Crippen LogP contribution >= 0.6 is 0 Å². The van der Waals surface area contributed by atoms with E-state index in [1.54, 1.807) is 11.1 Å². The summed E-state index contributed by atoms with van der Waals surface area (Å²) in [6.07, 6.45) is 3.47. The molecule has 1 fully saturated rings. The van der Waals surface area contributed by atoms with E-state index in [1.807, 2.05) is 32.3 Å². The molecule has 1 aromatic rings. The molecule has 0 radical (unpaired) electrons. The number of piperidine rings is 1. The Morgan fingerprint density at radius 1 is 1.33 bits per heavy atom. The Balaban J connectivity index is 2.38. The van der Waals surface area contributed by atoms with E-state index in [2.05, 4.69) is 16.9 Å². The molecule has 2 heterocycles. The van der Waals surface area contributed by atoms with Gasteiger partial charge in [0.2, 0.25) is 5.91 Å². The first-order chi connectivity index (χ1) is 8.56. The summed E-state index contributed by atoms with van der Waals surface area (Å²) >= 11 is 0. The van der Waals surface area contributed by atoms with Gasteiger partial charge in [-0.1, -0.05) is 6.07 Å². The molecule has 1 aliphatic rings. The first-order valence-corrected chi connectivity index (χ1v) is 6.38. The lowest BCUT2D eigenvalue weighted by Crippen LogP contribution is -2.51. The molecule has 18 heavy (non-hydrogen) atoms. The van der Waals surface area contributed by atoms with Crippen LogP contribution in [0.1, 0.15) is 18.5 Å². The molecule has 4 heteroatoms. The normalized spacial score (nSPS) is 19.5. The molecular weight excluding hydrogens is 226 g/mol. The van der Waals surface area contributed by atoms with Crippen molar-refractivity contribution in [1.82, 2.24) is 14.8 Å². The Morgan fingerprint density at radius 3 is 2.50 bits per heavy atom. The van der Waals surface area contributed by atoms with E-state index in [9.17, 15) is 4.79 Å². The zero-order chi connectivity index (χ0) is 13.2. The fourth-order valence-electron chi connectivity index (χ4n) is 2.65. The Labute approximate surface area is 109 Å². The number of rotatable bonds is 2. The summed E-state index contributed by atoms with van der Waals surface area (Å²) in [5.74, 6) is 0.175. The van der Waals surface area contributed by atoms with Crippen molar-refractivity contribution in [3.8, 4) is 0 Å². The van der Waals surface area contributed by atoms with E-state index < -0.39 is 5.41 Å². The molecule has 1 saturated heterocycles. The van der Waals surface area contributed by atoms with Crippen molar-refractivity contribution in [3.63, 3.8) is 0 Å². The van der Waals surface area contributed by atoms with Crippen molar-refractivity contribution in [2.45, 2.75) is 18.3 Å². The third kappa shape index (κ3) is 2.25. The van der Waals surface area contributed by atoms with Crippen molar-refractivity contribution in [1.29, 1.82) is 0 Å². The van der Waals surface area contributed by atoms with Gasteiger partial charge < -0.3 is 9.80 Å². The fraction of sp³-hybridized carbons (Fsp3) is 0.571. The van der Waals surface area contributed by atoms with Crippen LogP contribution in [0.3, 0.4) is 0 Å². The highest BCUT2D eigenvalue weighted by Gasteiger charge is 2.44. The Morgan fingerprint density at radius 2 is 2.00 bits per heavy atom. The summed E-state index contributed by atoms with van der Waals surface area (Å²) < 4.78 is 0. The van der Waals surface area contributed by atoms with E-state index in [0.717, 1.165) is 31.6 Å². The summed E-state index contributed by atoms with van der Waals surface area (Å²) in [6, 6.07) is 5.84. The second-order valence-corrected chi connectivity index (χ2v) is 5.30. The Hall–Kier alpha value is -1.42. The third-order valence-electron chi connectivity index (χ3n) is 3.81. The van der Waals surface area contributed by atoms with Gasteiger partial charge in [-0.3, -0.25) is 9.78 Å². The topological polar surface area (TPSA) is 36.4 Å². The lowest BCUT2D eigenvalue weighted by atomic mass is 9.74. The predicted octanol–water partition coefficient (Wildman–Crippen LogP) is 1.13. The number of likely N-dealkylation sites (N-methyl/N-ethyl adjacent to an activating group) is 1. The van der Waals surface area contributed by atoms with Crippen molar-refractivity contribution < 1.29 is 4.79 Å². The quantitative estimate of drug-likeness (QED) is 0.786. The zero-order valence-electron chi connectivity index (χ0n) is 11.4. The van der Waals surface area contributed by atoms with Gasteiger partial charge in [0.25, 0.3) is 0 Å². The van der Waals surface area contributed by atoms with Crippen LogP contribution in [0.15, 0.2) is 24.4 Å². The minimum Gasteiger partial charge on any atom is -0.348 e. The van der Waals surface area contributed by atoms with Crippen LogP contribution < -0.4 is 0 Å². The smallest absolute Gasteiger partial charge is 0.234 e. The molecule has 1 aliphatic heterocycles. The Bertz CT molecular complexity index is 408. The van der Waals surface area contributed by atoms with Gasteiger partial charge in [-0.05, 0) is 45.1 Å². The molecule has 1 aromatic heterocycles. The van der Waals surface area contributed by atoms with E-state index in [1.165, 1.54) is 0 Å². The highest BCUT2D eigenvalue weighted by atomic mass is 16.2. The van der Waals surface area contributed by atoms with Crippen LogP contribution in [0, 0.1) is 0 Å². The molecule has 2 rings (SSSR count). The minimum absolute atomic E-state index is 0.175. The summed E-state index contributed by atoms with van der Waals surface area (Å²) in [5, 5.41) is 0. The Kier molecular flexibility index (Phi) is 3.66. The number of hydrogen-bond acceptors (Lipinski definition) is 3. The second kappa shape index (κ2) is 5.06. The van der Waals surface area contributed by atoms with Gasteiger partial charge in [0.05, 0.1) is 11.1 Å². The van der Waals surface area contributed by atoms with Crippen LogP contribution in [-0.2, 0) is 10.2 Å². The number of amides is 1. The lowest BCUT2D eigenvalue weighted by Gasteiger charge is -2.40. The average molecular weight is 247 g/mol. The fourth-order valence-corrected chi connectivity index (χ4v) is 2.65. The maximum Gasteiger partial charge on any atom is 0.234 e. The second-order valence-electron chi connectivity index (χ2n) is 5.30. The summed E-state index contributed by atoms with van der Waals surface area (Å²) in [5.41, 5.74) is 0.480. The van der Waals surface area contributed by atoms with E-state index in [4.69, 9.17) is 0 Å². The molecule has 0 atom stereocenters. The third-order valence-corrected chi connectivity index (χ3v) is 3.81. The van der Waals surface area contributed by atoms with E-state index in [0.29, 0.717) is 0 Å². The maximum atomic E-state index is 12.6. The lowest BCUT2D eigenvalue weighted by molar-refractivity contribution is -0.136. The van der Waals surface area contributed by atoms with E-state index >= 15 is 0 Å². The minimum atomic E-state index is -0.433. The monoisotopic (exact) mass is 247 g/mol. The largest absolute Gasteiger partial charge is 0.348 e. The number of hydrogen-bond donors (Lipinski definition) is 0. The zero-order valence-corrected chi connectivity index (χ0v) is 11.4. The van der Waals surface area contributed by atoms with Gasteiger partial charge in [-0.15, -0.1) is 0 Å². The van der Waals surface area contributed by atoms with Crippen molar-refractivity contribution in [2.24, 2.45) is 0 Å². The molecule has 98 valence electrons. The van der Waals surface area contributed by atoms with Gasteiger partial charge in [-0.2, -0.15) is 0 Å². The maximum absolute atomic E-state index is 12.6. The molecule has 0 saturated carbocycles. The van der Waals surface area contributed by atoms with E-state index in [-0.39, 0.29) is 5.91 Å². The molecule has 0 spiro atoms. The first-order valence-electron chi connectivity index (χ1n) is 6.38. The van der Waals surface area contributed by atoms with Gasteiger partial charge in [0, 0.05) is 20.3 Å². The van der Waals surface area contributed by atoms with Crippen LogP contribution in [0.25, 0.3) is 0 Å². The molecule has 0 aliphatic carbocycles. The highest BCUT2D eigenvalue weighted by Crippen LogP contribution is 2.35. The van der Waals surface area contributed by atoms with Crippen LogP contribution in [0.4, 0.5) is 0 Å². The van der Waals surface area contributed by atoms with Crippen molar-refractivity contribution in [3.05, 3.63) is 30.1 Å². The molecule has 0 aromatic carbocycles. The number of carbonyl (C=O) groups is 1. The molecule has 4 nitrogen and oxygen atoms in total. The number of likely N-dealkylation sites (tertiary alicyclic amines) is 1. The highest BCUT2D eigenvalue weighted by molar-refractivity contribution is 5.87. The summed E-state index contributed by atoms with van der Waals surface area (Å²) in [4.78, 5) is 21.0. The molecule has 1 amide bonds. The van der Waals surface area contributed by atoms with Crippen molar-refractivity contribution in [2.75, 3.05) is 34.2 Å². The number of aromatic nitrogens is 1. The molecular formula is C14H21N3O. The number of nitrogens with zero attached hydrogens (tertiary/aromatic N) is 3. The molecule has 0 unspecified atom stereocenters. The molecule has 0 bridgehead atoms. The standard InChI is InChI=1S/C14H21N3O/c1-16(2)13(18)14(7-10-17(3)11-8-14)12-6-4-5-9-15-12/h4-6,9H,7-8,10-11H2,1-3H3. The van der Waals surface area contributed by atoms with Gasteiger partial charge >= 0.3 is 0 Å². The summed E-state index contributed by atoms with van der Waals surface area (Å²) in [7, 11) is 5.75. The first kappa shape index (κ1) is 13.0. The molecule has 0 N–H and O–H groups in total. The average Bonchev–Trinajstić information content (AvgIpc) is 2.40. The summed E-state index contributed by atoms with van der Waals surface area (Å²) in [6.45, 7) is 1.88. The van der Waals surface area contributed by atoms with Crippen LogP contribution in [0.5, 0.6) is 0 Å². The predicted molar refractivity (Wildman–Crippen MR) is 71.3 cm³/mol. The van der Waals surface area contributed by atoms with Gasteiger partial charge in [0.1, 0.15) is 0 Å². The SMILES string of the molecule is CN1CCC(C(=O)N(C)C)(c2ccccn2)CC1. The number of pyridine rings is 1. The van der Waals surface area contributed by atoms with Gasteiger partial charge in [-0.25, -0.2) is 0 Å². The van der Waals surface area contributed by atoms with Crippen LogP contribution in [0.2, 0.25) is 0 Å². The number of carbonyl (C=O) groups excluding carboxylic acids is 1. The van der Waals surface area contributed by atoms with Crippen LogP contribution in [-0.4, -0.2) is 54.9 Å².